The maximum atomic E-state index is 12.4. The van der Waals surface area contributed by atoms with Gasteiger partial charge in [0.2, 0.25) is 0 Å². The summed E-state index contributed by atoms with van der Waals surface area (Å²) in [6.45, 7) is 1.94. The van der Waals surface area contributed by atoms with Gasteiger partial charge in [-0.3, -0.25) is 9.52 Å². The van der Waals surface area contributed by atoms with Gasteiger partial charge in [0.1, 0.15) is 0 Å². The average Bonchev–Trinajstić information content (AvgIpc) is 3.15. The van der Waals surface area contributed by atoms with Crippen molar-refractivity contribution < 1.29 is 17.9 Å². The van der Waals surface area contributed by atoms with Crippen LogP contribution >= 0.6 is 11.6 Å². The van der Waals surface area contributed by atoms with Crippen molar-refractivity contribution in [3.63, 3.8) is 0 Å². The number of rotatable bonds is 6. The molecule has 1 heterocycles. The van der Waals surface area contributed by atoms with Crippen LogP contribution in [0.25, 0.3) is 0 Å². The van der Waals surface area contributed by atoms with Crippen molar-refractivity contribution in [1.29, 1.82) is 0 Å². The zero-order chi connectivity index (χ0) is 18.6. The monoisotopic (exact) mass is 394 g/mol. The molecular weight excluding hydrogens is 376 g/mol. The Labute approximate surface area is 157 Å². The number of carbonyl (C=O) groups excluding carboxylic acids is 1. The predicted molar refractivity (Wildman–Crippen MR) is 100.0 cm³/mol. The van der Waals surface area contributed by atoms with Gasteiger partial charge >= 0.3 is 0 Å². The Bertz CT molecular complexity index is 861. The van der Waals surface area contributed by atoms with E-state index < -0.39 is 10.0 Å². The van der Waals surface area contributed by atoms with Crippen LogP contribution in [0.3, 0.4) is 0 Å². The molecule has 1 aliphatic heterocycles. The van der Waals surface area contributed by atoms with Crippen LogP contribution in [0.4, 0.5) is 5.69 Å². The SMILES string of the molecule is O=C(NCC1CCOC1)c1ccc(S(=O)(=O)Nc2ccc(Cl)cc2)cc1. The molecule has 6 nitrogen and oxygen atoms in total. The summed E-state index contributed by atoms with van der Waals surface area (Å²) in [5, 5.41) is 3.37. The molecule has 2 aromatic carbocycles. The second-order valence-corrected chi connectivity index (χ2v) is 8.20. The van der Waals surface area contributed by atoms with Gasteiger partial charge in [-0.1, -0.05) is 11.6 Å². The third kappa shape index (κ3) is 4.75. The molecule has 1 unspecified atom stereocenters. The van der Waals surface area contributed by atoms with Gasteiger partial charge in [0, 0.05) is 35.3 Å². The minimum absolute atomic E-state index is 0.0770. The Morgan fingerprint density at radius 2 is 1.81 bits per heavy atom. The summed E-state index contributed by atoms with van der Waals surface area (Å²) in [5.41, 5.74) is 0.823. The highest BCUT2D eigenvalue weighted by atomic mass is 35.5. The van der Waals surface area contributed by atoms with E-state index in [0.29, 0.717) is 35.3 Å². The van der Waals surface area contributed by atoms with Crippen molar-refractivity contribution in [2.24, 2.45) is 5.92 Å². The Morgan fingerprint density at radius 1 is 1.12 bits per heavy atom. The van der Waals surface area contributed by atoms with E-state index in [-0.39, 0.29) is 10.8 Å². The molecule has 0 radical (unpaired) electrons. The Hall–Kier alpha value is -2.09. The van der Waals surface area contributed by atoms with Crippen LogP contribution in [-0.2, 0) is 14.8 Å². The highest BCUT2D eigenvalue weighted by molar-refractivity contribution is 7.92. The first-order valence-electron chi connectivity index (χ1n) is 8.18. The first-order valence-corrected chi connectivity index (χ1v) is 10.0. The van der Waals surface area contributed by atoms with E-state index in [4.69, 9.17) is 16.3 Å². The third-order valence-corrected chi connectivity index (χ3v) is 5.75. The summed E-state index contributed by atoms with van der Waals surface area (Å²) >= 11 is 5.79. The molecule has 26 heavy (non-hydrogen) atoms. The highest BCUT2D eigenvalue weighted by Crippen LogP contribution is 2.19. The number of nitrogens with one attached hydrogen (secondary N) is 2. The van der Waals surface area contributed by atoms with Crippen LogP contribution in [0.5, 0.6) is 0 Å². The van der Waals surface area contributed by atoms with E-state index in [1.54, 1.807) is 24.3 Å². The topological polar surface area (TPSA) is 84.5 Å². The molecule has 138 valence electrons. The molecule has 1 amide bonds. The standard InChI is InChI=1S/C18H19ClN2O4S/c19-15-3-5-16(6-4-15)21-26(23,24)17-7-1-14(2-8-17)18(22)20-11-13-9-10-25-12-13/h1-8,13,21H,9-12H2,(H,20,22). The van der Waals surface area contributed by atoms with Gasteiger partial charge in [0.25, 0.3) is 15.9 Å². The van der Waals surface area contributed by atoms with E-state index in [1.807, 2.05) is 0 Å². The van der Waals surface area contributed by atoms with Gasteiger partial charge in [-0.15, -0.1) is 0 Å². The van der Waals surface area contributed by atoms with E-state index >= 15 is 0 Å². The van der Waals surface area contributed by atoms with Crippen LogP contribution in [0, 0.1) is 5.92 Å². The Balaban J connectivity index is 1.63. The van der Waals surface area contributed by atoms with E-state index in [2.05, 4.69) is 10.0 Å². The minimum atomic E-state index is -3.74. The number of anilines is 1. The normalized spacial score (nSPS) is 17.0. The molecule has 1 atom stereocenters. The van der Waals surface area contributed by atoms with Gasteiger partial charge in [0.05, 0.1) is 11.5 Å². The number of hydrogen-bond acceptors (Lipinski definition) is 4. The summed E-state index contributed by atoms with van der Waals surface area (Å²) in [6.07, 6.45) is 0.938. The van der Waals surface area contributed by atoms with Gasteiger partial charge in [-0.25, -0.2) is 8.42 Å². The smallest absolute Gasteiger partial charge is 0.261 e. The van der Waals surface area contributed by atoms with Crippen LogP contribution in [0.15, 0.2) is 53.4 Å². The first-order chi connectivity index (χ1) is 12.4. The molecule has 0 spiro atoms. The van der Waals surface area contributed by atoms with Crippen molar-refractivity contribution in [3.8, 4) is 0 Å². The second-order valence-electron chi connectivity index (χ2n) is 6.08. The summed E-state index contributed by atoms with van der Waals surface area (Å²) in [6, 6.07) is 12.2. The number of sulfonamides is 1. The van der Waals surface area contributed by atoms with Gasteiger partial charge < -0.3 is 10.1 Å². The molecule has 0 aromatic heterocycles. The van der Waals surface area contributed by atoms with Crippen molar-refractivity contribution >= 4 is 33.2 Å². The fourth-order valence-electron chi connectivity index (χ4n) is 2.60. The predicted octanol–water partition coefficient (Wildman–Crippen LogP) is 2.91. The summed E-state index contributed by atoms with van der Waals surface area (Å²) in [7, 11) is -3.74. The van der Waals surface area contributed by atoms with E-state index in [9.17, 15) is 13.2 Å². The Kier molecular flexibility index (Phi) is 5.80. The molecule has 1 saturated heterocycles. The van der Waals surface area contributed by atoms with Gasteiger partial charge in [-0.2, -0.15) is 0 Å². The number of halogens is 1. The second kappa shape index (κ2) is 8.07. The molecule has 1 aliphatic rings. The molecule has 3 rings (SSSR count). The number of benzene rings is 2. The van der Waals surface area contributed by atoms with E-state index in [0.717, 1.165) is 13.0 Å². The third-order valence-electron chi connectivity index (χ3n) is 4.10. The minimum Gasteiger partial charge on any atom is -0.381 e. The number of hydrogen-bond donors (Lipinski definition) is 2. The van der Waals surface area contributed by atoms with Crippen LogP contribution < -0.4 is 10.0 Å². The fourth-order valence-corrected chi connectivity index (χ4v) is 3.79. The van der Waals surface area contributed by atoms with Gasteiger partial charge in [0.15, 0.2) is 0 Å². The zero-order valence-corrected chi connectivity index (χ0v) is 15.5. The molecule has 2 aromatic rings. The molecule has 0 bridgehead atoms. The number of ether oxygens (including phenoxy) is 1. The van der Waals surface area contributed by atoms with Crippen LogP contribution in [0.1, 0.15) is 16.8 Å². The maximum absolute atomic E-state index is 12.4. The molecule has 2 N–H and O–H groups in total. The molecule has 0 saturated carbocycles. The van der Waals surface area contributed by atoms with Crippen molar-refractivity contribution in [2.45, 2.75) is 11.3 Å². The van der Waals surface area contributed by atoms with Crippen molar-refractivity contribution in [3.05, 3.63) is 59.1 Å². The van der Waals surface area contributed by atoms with Crippen molar-refractivity contribution in [2.75, 3.05) is 24.5 Å². The number of carbonyl (C=O) groups is 1. The maximum Gasteiger partial charge on any atom is 0.261 e. The van der Waals surface area contributed by atoms with Crippen LogP contribution in [0.2, 0.25) is 5.02 Å². The summed E-state index contributed by atoms with van der Waals surface area (Å²) in [5.74, 6) is 0.105. The lowest BCUT2D eigenvalue weighted by atomic mass is 10.1. The van der Waals surface area contributed by atoms with Crippen molar-refractivity contribution in [1.82, 2.24) is 5.32 Å². The summed E-state index contributed by atoms with van der Waals surface area (Å²) < 4.78 is 32.6. The van der Waals surface area contributed by atoms with Gasteiger partial charge in [-0.05, 0) is 55.0 Å². The van der Waals surface area contributed by atoms with Crippen LogP contribution in [-0.4, -0.2) is 34.1 Å². The first kappa shape index (κ1) is 18.7. The highest BCUT2D eigenvalue weighted by Gasteiger charge is 2.18. The lowest BCUT2D eigenvalue weighted by Crippen LogP contribution is -2.29. The number of amides is 1. The molecule has 8 heteroatoms. The quantitative estimate of drug-likeness (QED) is 0.788. The largest absolute Gasteiger partial charge is 0.381 e. The molecule has 0 aliphatic carbocycles. The van der Waals surface area contributed by atoms with E-state index in [1.165, 1.54) is 24.3 Å². The lowest BCUT2D eigenvalue weighted by Gasteiger charge is -2.11. The lowest BCUT2D eigenvalue weighted by molar-refractivity contribution is 0.0945. The molecule has 1 fully saturated rings. The Morgan fingerprint density at radius 3 is 2.42 bits per heavy atom. The fraction of sp³-hybridized carbons (Fsp3) is 0.278. The molecular formula is C18H19ClN2O4S. The zero-order valence-electron chi connectivity index (χ0n) is 13.9. The average molecular weight is 395 g/mol. The summed E-state index contributed by atoms with van der Waals surface area (Å²) in [4.78, 5) is 12.2.